The Kier molecular flexibility index (Phi) is 5.94. The highest BCUT2D eigenvalue weighted by Crippen LogP contribution is 2.29. The third-order valence-electron chi connectivity index (χ3n) is 4.11. The maximum absolute atomic E-state index is 3.70. The van der Waals surface area contributed by atoms with Crippen molar-refractivity contribution in [2.24, 2.45) is 17.3 Å². The molecule has 1 aliphatic rings. The fraction of sp³-hybridized carbons (Fsp3) is 1.00. The summed E-state index contributed by atoms with van der Waals surface area (Å²) in [6, 6.07) is 0. The SMILES string of the molecule is CC(C)CC(C)CNCC1(C)CCN(C)CC1. The maximum atomic E-state index is 3.70. The van der Waals surface area contributed by atoms with Gasteiger partial charge in [0.05, 0.1) is 0 Å². The zero-order chi connectivity index (χ0) is 12.9. The average molecular weight is 240 g/mol. The predicted octanol–water partition coefficient (Wildman–Crippen LogP) is 2.99. The Morgan fingerprint density at radius 3 is 2.29 bits per heavy atom. The number of hydrogen-bond donors (Lipinski definition) is 1. The zero-order valence-corrected chi connectivity index (χ0v) is 12.6. The largest absolute Gasteiger partial charge is 0.316 e. The van der Waals surface area contributed by atoms with Crippen LogP contribution in [0.25, 0.3) is 0 Å². The molecule has 0 aromatic carbocycles. The van der Waals surface area contributed by atoms with Crippen LogP contribution in [-0.4, -0.2) is 38.1 Å². The molecule has 1 heterocycles. The van der Waals surface area contributed by atoms with E-state index in [9.17, 15) is 0 Å². The average Bonchev–Trinajstić information content (AvgIpc) is 2.22. The van der Waals surface area contributed by atoms with Gasteiger partial charge in [-0.15, -0.1) is 0 Å². The molecule has 0 radical (unpaired) electrons. The molecule has 0 aromatic heterocycles. The molecule has 1 aliphatic heterocycles. The van der Waals surface area contributed by atoms with Gasteiger partial charge in [0.25, 0.3) is 0 Å². The molecule has 2 nitrogen and oxygen atoms in total. The van der Waals surface area contributed by atoms with Crippen LogP contribution < -0.4 is 5.32 Å². The normalized spacial score (nSPS) is 22.9. The Labute approximate surface area is 108 Å². The molecule has 0 amide bonds. The second kappa shape index (κ2) is 6.75. The van der Waals surface area contributed by atoms with Crippen LogP contribution in [0.3, 0.4) is 0 Å². The molecule has 0 bridgehead atoms. The van der Waals surface area contributed by atoms with E-state index in [-0.39, 0.29) is 0 Å². The number of piperidine rings is 1. The highest BCUT2D eigenvalue weighted by atomic mass is 15.1. The summed E-state index contributed by atoms with van der Waals surface area (Å²) < 4.78 is 0. The van der Waals surface area contributed by atoms with Crippen LogP contribution in [-0.2, 0) is 0 Å². The van der Waals surface area contributed by atoms with Crippen molar-refractivity contribution in [1.82, 2.24) is 10.2 Å². The van der Waals surface area contributed by atoms with Gasteiger partial charge in [0.2, 0.25) is 0 Å². The van der Waals surface area contributed by atoms with Crippen molar-refractivity contribution in [2.75, 3.05) is 33.2 Å². The Morgan fingerprint density at radius 2 is 1.76 bits per heavy atom. The quantitative estimate of drug-likeness (QED) is 0.768. The fourth-order valence-corrected chi connectivity index (χ4v) is 2.84. The minimum absolute atomic E-state index is 0.532. The first-order chi connectivity index (χ1) is 7.91. The molecule has 102 valence electrons. The van der Waals surface area contributed by atoms with E-state index >= 15 is 0 Å². The smallest absolute Gasteiger partial charge is 0.000623 e. The van der Waals surface area contributed by atoms with Crippen LogP contribution in [0.5, 0.6) is 0 Å². The van der Waals surface area contributed by atoms with Crippen molar-refractivity contribution in [1.29, 1.82) is 0 Å². The van der Waals surface area contributed by atoms with Gasteiger partial charge in [-0.25, -0.2) is 0 Å². The van der Waals surface area contributed by atoms with Gasteiger partial charge in [0, 0.05) is 6.54 Å². The Hall–Kier alpha value is -0.0800. The van der Waals surface area contributed by atoms with E-state index in [4.69, 9.17) is 0 Å². The third-order valence-corrected chi connectivity index (χ3v) is 4.11. The van der Waals surface area contributed by atoms with E-state index in [1.54, 1.807) is 0 Å². The van der Waals surface area contributed by atoms with Crippen molar-refractivity contribution in [3.8, 4) is 0 Å². The summed E-state index contributed by atoms with van der Waals surface area (Å²) >= 11 is 0. The molecule has 1 atom stereocenters. The Morgan fingerprint density at radius 1 is 1.18 bits per heavy atom. The summed E-state index contributed by atoms with van der Waals surface area (Å²) in [5, 5.41) is 3.70. The first-order valence-corrected chi connectivity index (χ1v) is 7.30. The van der Waals surface area contributed by atoms with Gasteiger partial charge < -0.3 is 10.2 Å². The van der Waals surface area contributed by atoms with Crippen LogP contribution in [0.4, 0.5) is 0 Å². The van der Waals surface area contributed by atoms with E-state index in [0.717, 1.165) is 11.8 Å². The summed E-state index contributed by atoms with van der Waals surface area (Å²) in [4.78, 5) is 2.45. The summed E-state index contributed by atoms with van der Waals surface area (Å²) in [5.41, 5.74) is 0.532. The molecule has 1 saturated heterocycles. The summed E-state index contributed by atoms with van der Waals surface area (Å²) in [6.07, 6.45) is 4.02. The minimum Gasteiger partial charge on any atom is -0.316 e. The lowest BCUT2D eigenvalue weighted by Gasteiger charge is -2.38. The molecule has 1 N–H and O–H groups in total. The standard InChI is InChI=1S/C15H32N2/c1-13(2)10-14(3)11-16-12-15(4)6-8-17(5)9-7-15/h13-14,16H,6-12H2,1-5H3. The number of likely N-dealkylation sites (tertiary alicyclic amines) is 1. The van der Waals surface area contributed by atoms with Crippen molar-refractivity contribution < 1.29 is 0 Å². The number of nitrogens with zero attached hydrogens (tertiary/aromatic N) is 1. The van der Waals surface area contributed by atoms with Crippen LogP contribution in [0.15, 0.2) is 0 Å². The van der Waals surface area contributed by atoms with Gasteiger partial charge in [-0.1, -0.05) is 27.7 Å². The first kappa shape index (κ1) is 15.0. The van der Waals surface area contributed by atoms with Crippen LogP contribution in [0, 0.1) is 17.3 Å². The molecule has 0 aromatic rings. The van der Waals surface area contributed by atoms with Gasteiger partial charge in [0.15, 0.2) is 0 Å². The second-order valence-corrected chi connectivity index (χ2v) is 6.98. The van der Waals surface area contributed by atoms with Crippen molar-refractivity contribution in [3.05, 3.63) is 0 Å². The summed E-state index contributed by atoms with van der Waals surface area (Å²) in [7, 11) is 2.23. The first-order valence-electron chi connectivity index (χ1n) is 7.30. The van der Waals surface area contributed by atoms with Crippen molar-refractivity contribution >= 4 is 0 Å². The molecule has 0 saturated carbocycles. The van der Waals surface area contributed by atoms with Crippen molar-refractivity contribution in [3.63, 3.8) is 0 Å². The number of rotatable bonds is 6. The second-order valence-electron chi connectivity index (χ2n) is 6.98. The maximum Gasteiger partial charge on any atom is 0.000623 e. The molecular formula is C15H32N2. The summed E-state index contributed by atoms with van der Waals surface area (Å²) in [5.74, 6) is 1.63. The highest BCUT2D eigenvalue weighted by molar-refractivity contribution is 4.83. The number of nitrogens with one attached hydrogen (secondary N) is 1. The van der Waals surface area contributed by atoms with E-state index in [2.05, 4.69) is 45.0 Å². The fourth-order valence-electron chi connectivity index (χ4n) is 2.84. The summed E-state index contributed by atoms with van der Waals surface area (Å²) in [6.45, 7) is 14.3. The molecule has 1 unspecified atom stereocenters. The lowest BCUT2D eigenvalue weighted by molar-refractivity contribution is 0.135. The topological polar surface area (TPSA) is 15.3 Å². The van der Waals surface area contributed by atoms with Crippen LogP contribution in [0.2, 0.25) is 0 Å². The zero-order valence-electron chi connectivity index (χ0n) is 12.6. The van der Waals surface area contributed by atoms with E-state index in [1.165, 1.54) is 45.4 Å². The molecule has 17 heavy (non-hydrogen) atoms. The molecule has 0 spiro atoms. The molecule has 1 fully saturated rings. The lowest BCUT2D eigenvalue weighted by Crippen LogP contribution is -2.42. The van der Waals surface area contributed by atoms with E-state index < -0.39 is 0 Å². The third kappa shape index (κ3) is 5.87. The van der Waals surface area contributed by atoms with Gasteiger partial charge in [-0.2, -0.15) is 0 Å². The predicted molar refractivity (Wildman–Crippen MR) is 76.3 cm³/mol. The van der Waals surface area contributed by atoms with Gasteiger partial charge in [-0.05, 0) is 63.2 Å². The number of hydrogen-bond acceptors (Lipinski definition) is 2. The lowest BCUT2D eigenvalue weighted by atomic mass is 9.80. The monoisotopic (exact) mass is 240 g/mol. The Balaban J connectivity index is 2.17. The molecule has 0 aliphatic carbocycles. The Bertz CT molecular complexity index is 205. The van der Waals surface area contributed by atoms with Gasteiger partial charge in [-0.3, -0.25) is 0 Å². The van der Waals surface area contributed by atoms with Crippen molar-refractivity contribution in [2.45, 2.75) is 47.0 Å². The van der Waals surface area contributed by atoms with E-state index in [0.29, 0.717) is 5.41 Å². The van der Waals surface area contributed by atoms with E-state index in [1.807, 2.05) is 0 Å². The van der Waals surface area contributed by atoms with Gasteiger partial charge >= 0.3 is 0 Å². The minimum atomic E-state index is 0.532. The molecule has 2 heteroatoms. The highest BCUT2D eigenvalue weighted by Gasteiger charge is 2.28. The van der Waals surface area contributed by atoms with Gasteiger partial charge in [0.1, 0.15) is 0 Å². The molecule has 1 rings (SSSR count). The van der Waals surface area contributed by atoms with Crippen LogP contribution >= 0.6 is 0 Å². The molecular weight excluding hydrogens is 208 g/mol. The van der Waals surface area contributed by atoms with Crippen LogP contribution in [0.1, 0.15) is 47.0 Å².